The van der Waals surface area contributed by atoms with E-state index >= 15 is 0 Å². The monoisotopic (exact) mass is 325 g/mol. The average Bonchev–Trinajstić information content (AvgIpc) is 3.25. The number of aromatic nitrogens is 4. The van der Waals surface area contributed by atoms with Crippen LogP contribution >= 0.6 is 0 Å². The van der Waals surface area contributed by atoms with Crippen molar-refractivity contribution in [2.75, 3.05) is 12.4 Å². The SMILES string of the molecule is COc1ccc(C(=O)NC2CC2)cc1NC=C(C#N)c1nn[nH]n1. The number of carbonyl (C=O) groups is 1. The van der Waals surface area contributed by atoms with Gasteiger partial charge in [0, 0.05) is 17.8 Å². The number of amides is 1. The van der Waals surface area contributed by atoms with Gasteiger partial charge in [0.25, 0.3) is 5.91 Å². The van der Waals surface area contributed by atoms with Gasteiger partial charge in [0.15, 0.2) is 0 Å². The van der Waals surface area contributed by atoms with Crippen molar-refractivity contribution >= 4 is 17.2 Å². The van der Waals surface area contributed by atoms with E-state index in [1.54, 1.807) is 18.2 Å². The van der Waals surface area contributed by atoms with E-state index in [0.717, 1.165) is 12.8 Å². The first-order valence-electron chi connectivity index (χ1n) is 7.31. The molecule has 0 saturated heterocycles. The van der Waals surface area contributed by atoms with Crippen LogP contribution in [0.5, 0.6) is 5.75 Å². The van der Waals surface area contributed by atoms with Crippen LogP contribution in [0.3, 0.4) is 0 Å². The summed E-state index contributed by atoms with van der Waals surface area (Å²) in [7, 11) is 1.53. The van der Waals surface area contributed by atoms with E-state index in [9.17, 15) is 10.1 Å². The van der Waals surface area contributed by atoms with Crippen LogP contribution in [-0.2, 0) is 0 Å². The molecule has 1 aliphatic rings. The molecule has 3 rings (SSSR count). The third-order valence-corrected chi connectivity index (χ3v) is 3.45. The number of benzene rings is 1. The molecule has 0 atom stereocenters. The first kappa shape index (κ1) is 15.5. The van der Waals surface area contributed by atoms with Crippen LogP contribution in [0, 0.1) is 11.3 Å². The van der Waals surface area contributed by atoms with Crippen molar-refractivity contribution in [2.24, 2.45) is 0 Å². The number of hydrogen-bond acceptors (Lipinski definition) is 7. The fourth-order valence-corrected chi connectivity index (χ4v) is 2.03. The molecule has 0 unspecified atom stereocenters. The van der Waals surface area contributed by atoms with Crippen molar-refractivity contribution in [3.05, 3.63) is 35.8 Å². The van der Waals surface area contributed by atoms with Gasteiger partial charge in [-0.3, -0.25) is 4.79 Å². The van der Waals surface area contributed by atoms with Crippen LogP contribution in [0.2, 0.25) is 0 Å². The maximum atomic E-state index is 12.1. The second kappa shape index (κ2) is 6.78. The zero-order valence-corrected chi connectivity index (χ0v) is 12.9. The smallest absolute Gasteiger partial charge is 0.251 e. The summed E-state index contributed by atoms with van der Waals surface area (Å²) in [5, 5.41) is 28.3. The van der Waals surface area contributed by atoms with Crippen molar-refractivity contribution in [1.29, 1.82) is 5.26 Å². The summed E-state index contributed by atoms with van der Waals surface area (Å²) < 4.78 is 5.27. The summed E-state index contributed by atoms with van der Waals surface area (Å²) in [4.78, 5) is 12.1. The third kappa shape index (κ3) is 3.49. The molecule has 0 aliphatic heterocycles. The number of anilines is 1. The molecule has 1 aliphatic carbocycles. The van der Waals surface area contributed by atoms with E-state index < -0.39 is 0 Å². The summed E-state index contributed by atoms with van der Waals surface area (Å²) in [5.41, 5.74) is 1.26. The van der Waals surface area contributed by atoms with Gasteiger partial charge in [0.05, 0.1) is 12.8 Å². The number of nitrogens with zero attached hydrogens (tertiary/aromatic N) is 4. The van der Waals surface area contributed by atoms with Gasteiger partial charge in [-0.25, -0.2) is 0 Å². The van der Waals surface area contributed by atoms with E-state index in [1.165, 1.54) is 13.3 Å². The topological polar surface area (TPSA) is 129 Å². The van der Waals surface area contributed by atoms with Gasteiger partial charge in [-0.05, 0) is 36.3 Å². The summed E-state index contributed by atoms with van der Waals surface area (Å²) in [6, 6.07) is 7.30. The Kier molecular flexibility index (Phi) is 4.38. The minimum absolute atomic E-state index is 0.133. The highest BCUT2D eigenvalue weighted by Gasteiger charge is 2.24. The number of carbonyl (C=O) groups excluding carboxylic acids is 1. The van der Waals surface area contributed by atoms with E-state index in [4.69, 9.17) is 4.74 Å². The third-order valence-electron chi connectivity index (χ3n) is 3.45. The molecule has 9 heteroatoms. The molecule has 9 nitrogen and oxygen atoms in total. The number of allylic oxidation sites excluding steroid dienone is 1. The molecule has 2 aromatic rings. The molecule has 122 valence electrons. The molecule has 1 amide bonds. The minimum atomic E-state index is -0.133. The van der Waals surface area contributed by atoms with Gasteiger partial charge in [-0.2, -0.15) is 10.5 Å². The summed E-state index contributed by atoms with van der Waals surface area (Å²) in [5.74, 6) is 0.581. The van der Waals surface area contributed by atoms with Gasteiger partial charge in [0.2, 0.25) is 5.82 Å². The lowest BCUT2D eigenvalue weighted by Crippen LogP contribution is -2.25. The number of methoxy groups -OCH3 is 1. The van der Waals surface area contributed by atoms with E-state index in [1.807, 2.05) is 6.07 Å². The largest absolute Gasteiger partial charge is 0.495 e. The Morgan fingerprint density at radius 2 is 2.33 bits per heavy atom. The molecule has 1 aromatic carbocycles. The number of nitrogens with one attached hydrogen (secondary N) is 3. The Bertz CT molecular complexity index is 804. The summed E-state index contributed by atoms with van der Waals surface area (Å²) in [6.45, 7) is 0. The summed E-state index contributed by atoms with van der Waals surface area (Å²) >= 11 is 0. The molecule has 0 spiro atoms. The highest BCUT2D eigenvalue weighted by molar-refractivity contribution is 5.96. The van der Waals surface area contributed by atoms with Crippen molar-refractivity contribution in [3.63, 3.8) is 0 Å². The van der Waals surface area contributed by atoms with E-state index in [0.29, 0.717) is 17.0 Å². The number of nitriles is 1. The molecular formula is C15H15N7O2. The first-order chi connectivity index (χ1) is 11.7. The fourth-order valence-electron chi connectivity index (χ4n) is 2.03. The van der Waals surface area contributed by atoms with E-state index in [2.05, 4.69) is 31.3 Å². The zero-order chi connectivity index (χ0) is 16.9. The lowest BCUT2D eigenvalue weighted by molar-refractivity contribution is 0.0951. The maximum Gasteiger partial charge on any atom is 0.251 e. The van der Waals surface area contributed by atoms with Crippen molar-refractivity contribution in [2.45, 2.75) is 18.9 Å². The van der Waals surface area contributed by atoms with Crippen molar-refractivity contribution < 1.29 is 9.53 Å². The lowest BCUT2D eigenvalue weighted by Gasteiger charge is -2.11. The molecule has 0 radical (unpaired) electrons. The minimum Gasteiger partial charge on any atom is -0.495 e. The number of ether oxygens (including phenoxy) is 1. The van der Waals surface area contributed by atoms with Crippen LogP contribution in [0.15, 0.2) is 24.4 Å². The molecule has 1 aromatic heterocycles. The number of tetrazole rings is 1. The molecule has 1 heterocycles. The number of aromatic amines is 1. The standard InChI is InChI=1S/C15H15N7O2/c1-24-13-5-2-9(15(23)18-11-3-4-11)6-12(13)17-8-10(7-16)14-19-21-22-20-14/h2,5-6,8,11,17H,3-4H2,1H3,(H,18,23)(H,19,20,21,22). The molecule has 0 bridgehead atoms. The number of H-pyrrole nitrogens is 1. The zero-order valence-electron chi connectivity index (χ0n) is 12.9. The Labute approximate surface area is 137 Å². The predicted molar refractivity (Wildman–Crippen MR) is 84.9 cm³/mol. The first-order valence-corrected chi connectivity index (χ1v) is 7.31. The second-order valence-electron chi connectivity index (χ2n) is 5.21. The normalized spacial score (nSPS) is 13.9. The van der Waals surface area contributed by atoms with E-state index in [-0.39, 0.29) is 23.3 Å². The van der Waals surface area contributed by atoms with Gasteiger partial charge >= 0.3 is 0 Å². The molecule has 1 saturated carbocycles. The van der Waals surface area contributed by atoms with Crippen LogP contribution < -0.4 is 15.4 Å². The van der Waals surface area contributed by atoms with Gasteiger partial charge in [-0.15, -0.1) is 10.2 Å². The highest BCUT2D eigenvalue weighted by Crippen LogP contribution is 2.27. The average molecular weight is 325 g/mol. The van der Waals surface area contributed by atoms with Crippen molar-refractivity contribution in [3.8, 4) is 11.8 Å². The quantitative estimate of drug-likeness (QED) is 0.678. The predicted octanol–water partition coefficient (Wildman–Crippen LogP) is 1.08. The van der Waals surface area contributed by atoms with Crippen LogP contribution in [-0.4, -0.2) is 39.7 Å². The molecule has 24 heavy (non-hydrogen) atoms. The second-order valence-corrected chi connectivity index (χ2v) is 5.21. The Morgan fingerprint density at radius 1 is 1.50 bits per heavy atom. The van der Waals surface area contributed by atoms with Crippen LogP contribution in [0.4, 0.5) is 5.69 Å². The van der Waals surface area contributed by atoms with Crippen molar-refractivity contribution in [1.82, 2.24) is 25.9 Å². The Hall–Kier alpha value is -3.41. The Balaban J connectivity index is 1.82. The maximum absolute atomic E-state index is 12.1. The van der Waals surface area contributed by atoms with Crippen LogP contribution in [0.1, 0.15) is 29.0 Å². The molecule has 1 fully saturated rings. The lowest BCUT2D eigenvalue weighted by atomic mass is 10.1. The molecular weight excluding hydrogens is 310 g/mol. The van der Waals surface area contributed by atoms with Gasteiger partial charge in [-0.1, -0.05) is 0 Å². The number of hydrogen-bond donors (Lipinski definition) is 3. The fraction of sp³-hybridized carbons (Fsp3) is 0.267. The van der Waals surface area contributed by atoms with Gasteiger partial charge < -0.3 is 15.4 Å². The Morgan fingerprint density at radius 3 is 2.96 bits per heavy atom. The molecule has 3 N–H and O–H groups in total. The highest BCUT2D eigenvalue weighted by atomic mass is 16.5. The van der Waals surface area contributed by atoms with Crippen LogP contribution in [0.25, 0.3) is 5.57 Å². The summed E-state index contributed by atoms with van der Waals surface area (Å²) in [6.07, 6.45) is 3.48. The number of rotatable bonds is 6. The van der Waals surface area contributed by atoms with Gasteiger partial charge in [0.1, 0.15) is 17.4 Å².